The van der Waals surface area contributed by atoms with Crippen LogP contribution in [0, 0.1) is 11.8 Å². The molecule has 0 aromatic carbocycles. The molecule has 1 heterocycles. The molecular formula is C19H35NO. The molecule has 2 heteroatoms. The SMILES string of the molecule is CCCC(C)C1CC2(CCCCC2)N(O)C12CCCCC2. The lowest BCUT2D eigenvalue weighted by Crippen LogP contribution is -2.55. The van der Waals surface area contributed by atoms with Crippen LogP contribution in [0.15, 0.2) is 0 Å². The van der Waals surface area contributed by atoms with E-state index in [1.807, 2.05) is 5.06 Å². The first-order chi connectivity index (χ1) is 10.1. The van der Waals surface area contributed by atoms with Crippen LogP contribution in [0.4, 0.5) is 0 Å². The molecule has 2 saturated carbocycles. The fourth-order valence-electron chi connectivity index (χ4n) is 6.07. The Kier molecular flexibility index (Phi) is 4.66. The summed E-state index contributed by atoms with van der Waals surface area (Å²) in [5, 5.41) is 13.3. The molecule has 3 aliphatic rings. The maximum atomic E-state index is 11.3. The highest BCUT2D eigenvalue weighted by Crippen LogP contribution is 2.58. The van der Waals surface area contributed by atoms with Crippen molar-refractivity contribution in [1.82, 2.24) is 5.06 Å². The summed E-state index contributed by atoms with van der Waals surface area (Å²) in [5.74, 6) is 1.49. The van der Waals surface area contributed by atoms with Gasteiger partial charge in [-0.05, 0) is 43.9 Å². The van der Waals surface area contributed by atoms with Crippen LogP contribution in [0.25, 0.3) is 0 Å². The molecule has 1 saturated heterocycles. The smallest absolute Gasteiger partial charge is 0.0498 e. The van der Waals surface area contributed by atoms with Gasteiger partial charge in [0.25, 0.3) is 0 Å². The van der Waals surface area contributed by atoms with Gasteiger partial charge >= 0.3 is 0 Å². The van der Waals surface area contributed by atoms with Gasteiger partial charge in [-0.25, -0.2) is 0 Å². The zero-order chi connectivity index (χ0) is 14.9. The maximum Gasteiger partial charge on any atom is 0.0498 e. The second kappa shape index (κ2) is 6.20. The first kappa shape index (κ1) is 15.8. The molecule has 2 aliphatic carbocycles. The molecule has 0 aromatic heterocycles. The summed E-state index contributed by atoms with van der Waals surface area (Å²) in [7, 11) is 0. The van der Waals surface area contributed by atoms with Crippen molar-refractivity contribution in [2.45, 2.75) is 108 Å². The molecule has 0 aromatic rings. The minimum atomic E-state index is 0.129. The van der Waals surface area contributed by atoms with Crippen molar-refractivity contribution >= 4 is 0 Å². The van der Waals surface area contributed by atoms with Gasteiger partial charge in [-0.1, -0.05) is 65.2 Å². The number of nitrogens with zero attached hydrogens (tertiary/aromatic N) is 1. The van der Waals surface area contributed by atoms with Gasteiger partial charge in [-0.15, -0.1) is 0 Å². The van der Waals surface area contributed by atoms with Gasteiger partial charge in [-0.2, -0.15) is 5.06 Å². The van der Waals surface area contributed by atoms with Gasteiger partial charge in [0.15, 0.2) is 0 Å². The van der Waals surface area contributed by atoms with Gasteiger partial charge in [0.1, 0.15) is 0 Å². The topological polar surface area (TPSA) is 23.5 Å². The molecule has 3 fully saturated rings. The summed E-state index contributed by atoms with van der Waals surface area (Å²) in [6, 6.07) is 0. The highest BCUT2D eigenvalue weighted by molar-refractivity contribution is 5.12. The van der Waals surface area contributed by atoms with Crippen LogP contribution < -0.4 is 0 Å². The van der Waals surface area contributed by atoms with Crippen LogP contribution in [-0.4, -0.2) is 21.3 Å². The molecule has 0 radical (unpaired) electrons. The third kappa shape index (κ3) is 2.57. The van der Waals surface area contributed by atoms with E-state index in [1.54, 1.807) is 0 Å². The zero-order valence-corrected chi connectivity index (χ0v) is 14.2. The van der Waals surface area contributed by atoms with E-state index in [0.717, 1.165) is 11.8 Å². The number of hydrogen-bond acceptors (Lipinski definition) is 2. The van der Waals surface area contributed by atoms with E-state index in [2.05, 4.69) is 13.8 Å². The average molecular weight is 293 g/mol. The van der Waals surface area contributed by atoms with Crippen LogP contribution in [0.2, 0.25) is 0 Å². The fourth-order valence-corrected chi connectivity index (χ4v) is 6.07. The van der Waals surface area contributed by atoms with Crippen LogP contribution in [0.3, 0.4) is 0 Å². The van der Waals surface area contributed by atoms with Gasteiger partial charge in [-0.3, -0.25) is 0 Å². The normalized spacial score (nSPS) is 33.6. The van der Waals surface area contributed by atoms with Crippen molar-refractivity contribution in [3.63, 3.8) is 0 Å². The molecule has 2 atom stereocenters. The summed E-state index contributed by atoms with van der Waals surface area (Å²) in [5.41, 5.74) is 0.270. The monoisotopic (exact) mass is 293 g/mol. The third-order valence-electron chi connectivity index (χ3n) is 7.10. The van der Waals surface area contributed by atoms with E-state index in [4.69, 9.17) is 0 Å². The predicted molar refractivity (Wildman–Crippen MR) is 87.4 cm³/mol. The molecule has 1 aliphatic heterocycles. The molecule has 0 amide bonds. The third-order valence-corrected chi connectivity index (χ3v) is 7.10. The molecule has 2 spiro atoms. The largest absolute Gasteiger partial charge is 0.313 e. The van der Waals surface area contributed by atoms with Crippen molar-refractivity contribution in [3.8, 4) is 0 Å². The Labute approximate surface area is 131 Å². The molecule has 1 N–H and O–H groups in total. The Bertz CT molecular complexity index is 341. The molecule has 0 bridgehead atoms. The Morgan fingerprint density at radius 3 is 2.14 bits per heavy atom. The summed E-state index contributed by atoms with van der Waals surface area (Å²) < 4.78 is 0. The van der Waals surface area contributed by atoms with Crippen LogP contribution in [0.1, 0.15) is 97.3 Å². The van der Waals surface area contributed by atoms with Crippen LogP contribution in [0.5, 0.6) is 0 Å². The van der Waals surface area contributed by atoms with Crippen molar-refractivity contribution in [3.05, 3.63) is 0 Å². The standard InChI is InChI=1S/C19H35NO/c1-3-10-16(2)17-15-18(11-6-4-7-12-18)20(21)19(17)13-8-5-9-14-19/h16-17,21H,3-15H2,1-2H3. The highest BCUT2D eigenvalue weighted by Gasteiger charge is 2.60. The number of rotatable bonds is 3. The lowest BCUT2D eigenvalue weighted by atomic mass is 9.67. The van der Waals surface area contributed by atoms with E-state index in [9.17, 15) is 5.21 Å². The lowest BCUT2D eigenvalue weighted by molar-refractivity contribution is -0.233. The lowest BCUT2D eigenvalue weighted by Gasteiger charge is -2.48. The summed E-state index contributed by atoms with van der Waals surface area (Å²) in [4.78, 5) is 0. The quantitative estimate of drug-likeness (QED) is 0.738. The number of hydrogen-bond donors (Lipinski definition) is 1. The predicted octanol–water partition coefficient (Wildman–Crippen LogP) is 5.54. The van der Waals surface area contributed by atoms with Crippen LogP contribution >= 0.6 is 0 Å². The molecule has 2 nitrogen and oxygen atoms in total. The van der Waals surface area contributed by atoms with Gasteiger partial charge in [0.2, 0.25) is 0 Å². The Morgan fingerprint density at radius 1 is 1.00 bits per heavy atom. The van der Waals surface area contributed by atoms with Gasteiger partial charge in [0, 0.05) is 11.1 Å². The second-order valence-corrected chi connectivity index (χ2v) is 8.34. The summed E-state index contributed by atoms with van der Waals surface area (Å²) >= 11 is 0. The van der Waals surface area contributed by atoms with Crippen molar-refractivity contribution in [2.75, 3.05) is 0 Å². The molecule has 21 heavy (non-hydrogen) atoms. The van der Waals surface area contributed by atoms with Crippen molar-refractivity contribution < 1.29 is 5.21 Å². The summed E-state index contributed by atoms with van der Waals surface area (Å²) in [6.45, 7) is 4.77. The first-order valence-electron chi connectivity index (χ1n) is 9.64. The fraction of sp³-hybridized carbons (Fsp3) is 1.00. The Morgan fingerprint density at radius 2 is 1.57 bits per heavy atom. The minimum Gasteiger partial charge on any atom is -0.313 e. The Hall–Kier alpha value is -0.0800. The average Bonchev–Trinajstić information content (AvgIpc) is 2.73. The van der Waals surface area contributed by atoms with E-state index < -0.39 is 0 Å². The summed E-state index contributed by atoms with van der Waals surface area (Å²) in [6.07, 6.45) is 16.9. The van der Waals surface area contributed by atoms with Crippen LogP contribution in [-0.2, 0) is 0 Å². The minimum absolute atomic E-state index is 0.129. The molecule has 2 unspecified atom stereocenters. The Balaban J connectivity index is 1.89. The molecule has 3 rings (SSSR count). The van der Waals surface area contributed by atoms with E-state index in [0.29, 0.717) is 0 Å². The zero-order valence-electron chi connectivity index (χ0n) is 14.2. The van der Waals surface area contributed by atoms with Gasteiger partial charge < -0.3 is 5.21 Å². The van der Waals surface area contributed by atoms with Crippen molar-refractivity contribution in [2.24, 2.45) is 11.8 Å². The highest BCUT2D eigenvalue weighted by atomic mass is 16.5. The van der Waals surface area contributed by atoms with E-state index in [-0.39, 0.29) is 11.1 Å². The number of hydroxylamine groups is 2. The maximum absolute atomic E-state index is 11.3. The molecular weight excluding hydrogens is 258 g/mol. The van der Waals surface area contributed by atoms with E-state index >= 15 is 0 Å². The van der Waals surface area contributed by atoms with Gasteiger partial charge in [0.05, 0.1) is 0 Å². The second-order valence-electron chi connectivity index (χ2n) is 8.34. The van der Waals surface area contributed by atoms with E-state index in [1.165, 1.54) is 83.5 Å². The van der Waals surface area contributed by atoms with Crippen molar-refractivity contribution in [1.29, 1.82) is 0 Å². The first-order valence-corrected chi connectivity index (χ1v) is 9.64. The molecule has 122 valence electrons.